The number of hydrogen-bond acceptors (Lipinski definition) is 2. The number of rotatable bonds is 8. The van der Waals surface area contributed by atoms with Crippen LogP contribution >= 0.6 is 0 Å². The number of carbonyl (C=O) groups is 2. The van der Waals surface area contributed by atoms with Crippen molar-refractivity contribution in [3.8, 4) is 0 Å². The van der Waals surface area contributed by atoms with Gasteiger partial charge in [-0.1, -0.05) is 35.9 Å². The van der Waals surface area contributed by atoms with Crippen molar-refractivity contribution in [1.29, 1.82) is 0 Å². The van der Waals surface area contributed by atoms with Gasteiger partial charge in [0.1, 0.15) is 0 Å². The molecule has 0 aliphatic carbocycles. The van der Waals surface area contributed by atoms with Gasteiger partial charge in [0.2, 0.25) is 11.8 Å². The van der Waals surface area contributed by atoms with E-state index in [4.69, 9.17) is 0 Å². The average Bonchev–Trinajstić information content (AvgIpc) is 2.56. The second kappa shape index (κ2) is 10.4. The molecule has 124 valence electrons. The van der Waals surface area contributed by atoms with Gasteiger partial charge in [0, 0.05) is 24.7 Å². The van der Waals surface area contributed by atoms with Crippen molar-refractivity contribution in [2.45, 2.75) is 33.6 Å². The Morgan fingerprint density at radius 2 is 1.57 bits per heavy atom. The molecule has 0 saturated carbocycles. The summed E-state index contributed by atoms with van der Waals surface area (Å²) in [5, 5.41) is 5.71. The third-order valence-corrected chi connectivity index (χ3v) is 3.51. The lowest BCUT2D eigenvalue weighted by molar-refractivity contribution is -0.118. The fourth-order valence-electron chi connectivity index (χ4n) is 1.82. The smallest absolute Gasteiger partial charge is 0.246 e. The van der Waals surface area contributed by atoms with E-state index in [0.717, 1.165) is 29.6 Å². The van der Waals surface area contributed by atoms with Gasteiger partial charge in [-0.05, 0) is 45.3 Å². The molecule has 2 amide bonds. The first-order valence-electron chi connectivity index (χ1n) is 7.94. The molecular formula is C19H26N2O2. The summed E-state index contributed by atoms with van der Waals surface area (Å²) in [5.74, 6) is -0.113. The average molecular weight is 314 g/mol. The lowest BCUT2D eigenvalue weighted by atomic mass is 10.1. The van der Waals surface area contributed by atoms with E-state index < -0.39 is 0 Å². The molecule has 0 atom stereocenters. The predicted molar refractivity (Wildman–Crippen MR) is 94.8 cm³/mol. The Morgan fingerprint density at radius 1 is 0.957 bits per heavy atom. The van der Waals surface area contributed by atoms with E-state index in [9.17, 15) is 9.59 Å². The van der Waals surface area contributed by atoms with Gasteiger partial charge in [0.05, 0.1) is 0 Å². The van der Waals surface area contributed by atoms with E-state index in [1.165, 1.54) is 6.08 Å². The molecule has 23 heavy (non-hydrogen) atoms. The Kier molecular flexibility index (Phi) is 8.43. The number of unbranched alkanes of at least 4 members (excludes halogenated alkanes) is 1. The van der Waals surface area contributed by atoms with Crippen LogP contribution in [0.25, 0.3) is 6.08 Å². The van der Waals surface area contributed by atoms with Gasteiger partial charge in [0.25, 0.3) is 0 Å². The van der Waals surface area contributed by atoms with Crippen molar-refractivity contribution >= 4 is 17.9 Å². The molecule has 1 aromatic carbocycles. The number of nitrogens with one attached hydrogen (secondary N) is 2. The molecule has 0 saturated heterocycles. The van der Waals surface area contributed by atoms with Crippen molar-refractivity contribution in [1.82, 2.24) is 10.6 Å². The minimum atomic E-state index is -0.0988. The van der Waals surface area contributed by atoms with Crippen molar-refractivity contribution in [2.75, 3.05) is 13.1 Å². The van der Waals surface area contributed by atoms with Crippen LogP contribution in [0.15, 0.2) is 47.6 Å². The molecule has 0 unspecified atom stereocenters. The van der Waals surface area contributed by atoms with Gasteiger partial charge in [-0.2, -0.15) is 0 Å². The largest absolute Gasteiger partial charge is 0.353 e. The third kappa shape index (κ3) is 8.00. The molecule has 1 aromatic rings. The van der Waals surface area contributed by atoms with Crippen LogP contribution in [0.5, 0.6) is 0 Å². The standard InChI is InChI=1S/C19H26N2O2/c1-15(2)16(3)19(23)21-14-8-7-13-20-18(22)12-11-17-9-5-4-6-10-17/h4-6,9-12H,7-8,13-14H2,1-3H3,(H,20,22)(H,21,23). The maximum atomic E-state index is 11.7. The number of allylic oxidation sites excluding steroid dienone is 1. The van der Waals surface area contributed by atoms with Gasteiger partial charge in [-0.25, -0.2) is 0 Å². The fourth-order valence-corrected chi connectivity index (χ4v) is 1.82. The zero-order valence-corrected chi connectivity index (χ0v) is 14.2. The maximum absolute atomic E-state index is 11.7. The van der Waals surface area contributed by atoms with Gasteiger partial charge >= 0.3 is 0 Å². The van der Waals surface area contributed by atoms with E-state index in [1.54, 1.807) is 6.08 Å². The molecule has 0 bridgehead atoms. The van der Waals surface area contributed by atoms with Crippen LogP contribution in [0.1, 0.15) is 39.2 Å². The Labute approximate surface area is 138 Å². The number of amides is 2. The molecule has 0 radical (unpaired) electrons. The molecule has 1 rings (SSSR count). The van der Waals surface area contributed by atoms with Gasteiger partial charge in [-0.15, -0.1) is 0 Å². The first-order valence-corrected chi connectivity index (χ1v) is 7.94. The van der Waals surface area contributed by atoms with Gasteiger partial charge in [0.15, 0.2) is 0 Å². The van der Waals surface area contributed by atoms with E-state index in [2.05, 4.69) is 10.6 Å². The van der Waals surface area contributed by atoms with Crippen molar-refractivity contribution < 1.29 is 9.59 Å². The fraction of sp³-hybridized carbons (Fsp3) is 0.368. The Morgan fingerprint density at radius 3 is 2.17 bits per heavy atom. The molecule has 0 fully saturated rings. The molecule has 0 aliphatic rings. The second-order valence-electron chi connectivity index (χ2n) is 5.62. The summed E-state index contributed by atoms with van der Waals surface area (Å²) in [4.78, 5) is 23.3. The first kappa shape index (κ1) is 18.7. The molecular weight excluding hydrogens is 288 g/mol. The zero-order valence-electron chi connectivity index (χ0n) is 14.2. The van der Waals surface area contributed by atoms with Gasteiger partial charge in [-0.3, -0.25) is 9.59 Å². The molecule has 0 aliphatic heterocycles. The maximum Gasteiger partial charge on any atom is 0.246 e. The topological polar surface area (TPSA) is 58.2 Å². The highest BCUT2D eigenvalue weighted by atomic mass is 16.2. The molecule has 4 nitrogen and oxygen atoms in total. The van der Waals surface area contributed by atoms with Crippen LogP contribution < -0.4 is 10.6 Å². The third-order valence-electron chi connectivity index (χ3n) is 3.51. The van der Waals surface area contributed by atoms with E-state index in [0.29, 0.717) is 13.1 Å². The van der Waals surface area contributed by atoms with E-state index >= 15 is 0 Å². The Balaban J connectivity index is 2.13. The van der Waals surface area contributed by atoms with E-state index in [1.807, 2.05) is 51.1 Å². The van der Waals surface area contributed by atoms with Crippen molar-refractivity contribution in [2.24, 2.45) is 0 Å². The molecule has 4 heteroatoms. The summed E-state index contributed by atoms with van der Waals surface area (Å²) in [6, 6.07) is 9.70. The quantitative estimate of drug-likeness (QED) is 0.572. The summed E-state index contributed by atoms with van der Waals surface area (Å²) in [7, 11) is 0. The Bertz CT molecular complexity index is 570. The first-order chi connectivity index (χ1) is 11.0. The summed E-state index contributed by atoms with van der Waals surface area (Å²) in [5.41, 5.74) is 2.80. The highest BCUT2D eigenvalue weighted by molar-refractivity contribution is 5.93. The van der Waals surface area contributed by atoms with Crippen LogP contribution in [0.2, 0.25) is 0 Å². The predicted octanol–water partition coefficient (Wildman–Crippen LogP) is 3.07. The SMILES string of the molecule is CC(C)=C(C)C(=O)NCCCCNC(=O)C=Cc1ccccc1. The minimum Gasteiger partial charge on any atom is -0.353 e. The van der Waals surface area contributed by atoms with Crippen LogP contribution in [0.3, 0.4) is 0 Å². The molecule has 0 aromatic heterocycles. The van der Waals surface area contributed by atoms with Crippen LogP contribution in [0.4, 0.5) is 0 Å². The number of hydrogen-bond donors (Lipinski definition) is 2. The summed E-state index contributed by atoms with van der Waals surface area (Å²) in [6.45, 7) is 6.90. The molecule has 0 spiro atoms. The highest BCUT2D eigenvalue weighted by Crippen LogP contribution is 2.02. The lowest BCUT2D eigenvalue weighted by Crippen LogP contribution is -2.27. The second-order valence-corrected chi connectivity index (χ2v) is 5.62. The monoisotopic (exact) mass is 314 g/mol. The lowest BCUT2D eigenvalue weighted by Gasteiger charge is -2.07. The zero-order chi connectivity index (χ0) is 17.1. The molecule has 2 N–H and O–H groups in total. The highest BCUT2D eigenvalue weighted by Gasteiger charge is 2.04. The van der Waals surface area contributed by atoms with Crippen LogP contribution in [0, 0.1) is 0 Å². The minimum absolute atomic E-state index is 0.0140. The van der Waals surface area contributed by atoms with E-state index in [-0.39, 0.29) is 11.8 Å². The number of carbonyl (C=O) groups excluding carboxylic acids is 2. The Hall–Kier alpha value is -2.36. The summed E-state index contributed by atoms with van der Waals surface area (Å²) in [6.07, 6.45) is 5.00. The summed E-state index contributed by atoms with van der Waals surface area (Å²) >= 11 is 0. The van der Waals surface area contributed by atoms with Crippen LogP contribution in [-0.2, 0) is 9.59 Å². The van der Waals surface area contributed by atoms with Crippen LogP contribution in [-0.4, -0.2) is 24.9 Å². The summed E-state index contributed by atoms with van der Waals surface area (Å²) < 4.78 is 0. The van der Waals surface area contributed by atoms with Gasteiger partial charge < -0.3 is 10.6 Å². The normalized spacial score (nSPS) is 10.4. The van der Waals surface area contributed by atoms with Crippen molar-refractivity contribution in [3.63, 3.8) is 0 Å². The molecule has 0 heterocycles. The van der Waals surface area contributed by atoms with Crippen molar-refractivity contribution in [3.05, 3.63) is 53.1 Å². The number of benzene rings is 1.